The van der Waals surface area contributed by atoms with Crippen molar-refractivity contribution in [2.45, 2.75) is 19.9 Å². The molecule has 0 spiro atoms. The van der Waals surface area contributed by atoms with Crippen LogP contribution in [0.25, 0.3) is 10.1 Å². The molecule has 102 valence electrons. The molecule has 1 unspecified atom stereocenters. The fourth-order valence-electron chi connectivity index (χ4n) is 2.48. The Labute approximate surface area is 122 Å². The van der Waals surface area contributed by atoms with E-state index >= 15 is 0 Å². The first-order chi connectivity index (χ1) is 9.65. The number of aryl methyl sites for hydroxylation is 1. The summed E-state index contributed by atoms with van der Waals surface area (Å²) in [5.74, 6) is 0.293. The van der Waals surface area contributed by atoms with Crippen molar-refractivity contribution in [1.82, 2.24) is 0 Å². The maximum atomic E-state index is 9.32. The summed E-state index contributed by atoms with van der Waals surface area (Å²) in [7, 11) is 0. The van der Waals surface area contributed by atoms with Crippen LogP contribution in [0.1, 0.15) is 23.4 Å². The Bertz CT molecular complexity index is 730. The number of rotatable bonds is 3. The van der Waals surface area contributed by atoms with E-state index in [4.69, 9.17) is 0 Å². The maximum absolute atomic E-state index is 9.32. The summed E-state index contributed by atoms with van der Waals surface area (Å²) in [5.41, 5.74) is 2.37. The Hall–Kier alpha value is -2.00. The topological polar surface area (TPSA) is 32.3 Å². The lowest BCUT2D eigenvalue weighted by Gasteiger charge is -2.15. The molecule has 1 heterocycles. The van der Waals surface area contributed by atoms with Gasteiger partial charge in [0.15, 0.2) is 0 Å². The van der Waals surface area contributed by atoms with Gasteiger partial charge in [0.05, 0.1) is 6.04 Å². The molecule has 0 amide bonds. The summed E-state index contributed by atoms with van der Waals surface area (Å²) in [4.78, 5) is 1.36. The smallest absolute Gasteiger partial charge is 0.115 e. The molecule has 0 aliphatic heterocycles. The van der Waals surface area contributed by atoms with Crippen molar-refractivity contribution in [3.63, 3.8) is 0 Å². The molecule has 0 fully saturated rings. The molecule has 0 aliphatic rings. The summed E-state index contributed by atoms with van der Waals surface area (Å²) in [6.45, 7) is 4.35. The van der Waals surface area contributed by atoms with Gasteiger partial charge < -0.3 is 10.4 Å². The minimum Gasteiger partial charge on any atom is -0.508 e. The molecule has 2 nitrogen and oxygen atoms in total. The zero-order valence-corrected chi connectivity index (χ0v) is 12.4. The molecule has 0 bridgehead atoms. The summed E-state index contributed by atoms with van der Waals surface area (Å²) in [6, 6.07) is 16.0. The van der Waals surface area contributed by atoms with Crippen LogP contribution < -0.4 is 5.32 Å². The van der Waals surface area contributed by atoms with Crippen LogP contribution >= 0.6 is 11.3 Å². The van der Waals surface area contributed by atoms with Crippen LogP contribution in [0, 0.1) is 6.92 Å². The molecule has 3 rings (SSSR count). The van der Waals surface area contributed by atoms with Gasteiger partial charge >= 0.3 is 0 Å². The second-order valence-electron chi connectivity index (χ2n) is 5.00. The third-order valence-electron chi connectivity index (χ3n) is 3.52. The molecule has 3 aromatic rings. The summed E-state index contributed by atoms with van der Waals surface area (Å²) in [5, 5.41) is 14.1. The minimum atomic E-state index is 0.247. The highest BCUT2D eigenvalue weighted by Gasteiger charge is 2.14. The molecule has 0 saturated heterocycles. The van der Waals surface area contributed by atoms with Gasteiger partial charge in [-0.15, -0.1) is 11.3 Å². The Kier molecular flexibility index (Phi) is 3.36. The van der Waals surface area contributed by atoms with E-state index in [-0.39, 0.29) is 6.04 Å². The van der Waals surface area contributed by atoms with E-state index in [0.717, 1.165) is 5.69 Å². The molecule has 0 aliphatic carbocycles. The number of aromatic hydroxyl groups is 1. The van der Waals surface area contributed by atoms with E-state index in [1.807, 2.05) is 23.5 Å². The number of thiophene rings is 1. The number of nitrogens with one attached hydrogen (secondary N) is 1. The standard InChI is InChI=1S/C17H17NOS/c1-11-15-5-3-4-6-16(15)20-17(11)12(2)18-13-7-9-14(19)10-8-13/h3-10,12,18-19H,1-2H3. The first-order valence-corrected chi connectivity index (χ1v) is 7.50. The number of anilines is 1. The van der Waals surface area contributed by atoms with Crippen LogP contribution in [0.5, 0.6) is 5.75 Å². The number of fused-ring (bicyclic) bond motifs is 1. The van der Waals surface area contributed by atoms with Gasteiger partial charge in [-0.1, -0.05) is 18.2 Å². The Morgan fingerprint density at radius 1 is 1.05 bits per heavy atom. The molecule has 2 aromatic carbocycles. The first-order valence-electron chi connectivity index (χ1n) is 6.69. The van der Waals surface area contributed by atoms with Crippen LogP contribution in [-0.2, 0) is 0 Å². The van der Waals surface area contributed by atoms with Crippen molar-refractivity contribution in [3.05, 3.63) is 59.0 Å². The van der Waals surface area contributed by atoms with E-state index in [2.05, 4.69) is 43.4 Å². The van der Waals surface area contributed by atoms with Gasteiger partial charge in [-0.25, -0.2) is 0 Å². The first kappa shape index (κ1) is 13.0. The number of hydrogen-bond donors (Lipinski definition) is 2. The van der Waals surface area contributed by atoms with E-state index in [1.54, 1.807) is 12.1 Å². The molecule has 3 heteroatoms. The lowest BCUT2D eigenvalue weighted by molar-refractivity contribution is 0.475. The van der Waals surface area contributed by atoms with Crippen LogP contribution in [0.15, 0.2) is 48.5 Å². The molecule has 2 N–H and O–H groups in total. The van der Waals surface area contributed by atoms with E-state index in [1.165, 1.54) is 20.5 Å². The van der Waals surface area contributed by atoms with Crippen LogP contribution in [-0.4, -0.2) is 5.11 Å². The van der Waals surface area contributed by atoms with Crippen molar-refractivity contribution in [2.75, 3.05) is 5.32 Å². The van der Waals surface area contributed by atoms with E-state index < -0.39 is 0 Å². The van der Waals surface area contributed by atoms with Gasteiger partial charge in [0.25, 0.3) is 0 Å². The SMILES string of the molecule is Cc1c(C(C)Nc2ccc(O)cc2)sc2ccccc12. The summed E-state index contributed by atoms with van der Waals surface area (Å²) in [6.07, 6.45) is 0. The fraction of sp³-hybridized carbons (Fsp3) is 0.176. The van der Waals surface area contributed by atoms with Gasteiger partial charge in [0.2, 0.25) is 0 Å². The lowest BCUT2D eigenvalue weighted by atomic mass is 10.1. The predicted molar refractivity (Wildman–Crippen MR) is 86.7 cm³/mol. The second-order valence-corrected chi connectivity index (χ2v) is 6.08. The van der Waals surface area contributed by atoms with E-state index in [0.29, 0.717) is 5.75 Å². The second kappa shape index (κ2) is 5.17. The molecule has 0 radical (unpaired) electrons. The quantitative estimate of drug-likeness (QED) is 0.656. The van der Waals surface area contributed by atoms with Crippen molar-refractivity contribution >= 4 is 27.1 Å². The van der Waals surface area contributed by atoms with Crippen molar-refractivity contribution in [1.29, 1.82) is 0 Å². The van der Waals surface area contributed by atoms with Gasteiger partial charge in [0, 0.05) is 15.3 Å². The van der Waals surface area contributed by atoms with Gasteiger partial charge in [0.1, 0.15) is 5.75 Å². The van der Waals surface area contributed by atoms with Crippen molar-refractivity contribution < 1.29 is 5.11 Å². The van der Waals surface area contributed by atoms with Crippen LogP contribution in [0.3, 0.4) is 0 Å². The molecular formula is C17H17NOS. The number of phenolic OH excluding ortho intramolecular Hbond substituents is 1. The largest absolute Gasteiger partial charge is 0.508 e. The Balaban J connectivity index is 1.90. The highest BCUT2D eigenvalue weighted by molar-refractivity contribution is 7.19. The maximum Gasteiger partial charge on any atom is 0.115 e. The van der Waals surface area contributed by atoms with Crippen LogP contribution in [0.4, 0.5) is 5.69 Å². The Morgan fingerprint density at radius 2 is 1.75 bits per heavy atom. The highest BCUT2D eigenvalue weighted by atomic mass is 32.1. The predicted octanol–water partition coefficient (Wildman–Crippen LogP) is 5.09. The minimum absolute atomic E-state index is 0.247. The molecular weight excluding hydrogens is 266 g/mol. The average Bonchev–Trinajstić information content (AvgIpc) is 2.79. The Morgan fingerprint density at radius 3 is 2.45 bits per heavy atom. The average molecular weight is 283 g/mol. The van der Waals surface area contributed by atoms with Crippen molar-refractivity contribution in [3.8, 4) is 5.75 Å². The monoisotopic (exact) mass is 283 g/mol. The van der Waals surface area contributed by atoms with Gasteiger partial charge in [-0.2, -0.15) is 0 Å². The summed E-state index contributed by atoms with van der Waals surface area (Å²) >= 11 is 1.84. The normalized spacial score (nSPS) is 12.5. The number of hydrogen-bond acceptors (Lipinski definition) is 3. The van der Waals surface area contributed by atoms with Gasteiger partial charge in [-0.05, 0) is 55.1 Å². The molecule has 1 atom stereocenters. The molecule has 0 saturated carbocycles. The van der Waals surface area contributed by atoms with Crippen LogP contribution in [0.2, 0.25) is 0 Å². The van der Waals surface area contributed by atoms with Gasteiger partial charge in [-0.3, -0.25) is 0 Å². The molecule has 1 aromatic heterocycles. The van der Waals surface area contributed by atoms with Crippen molar-refractivity contribution in [2.24, 2.45) is 0 Å². The fourth-order valence-corrected chi connectivity index (χ4v) is 3.69. The third kappa shape index (κ3) is 2.37. The lowest BCUT2D eigenvalue weighted by Crippen LogP contribution is -2.05. The highest BCUT2D eigenvalue weighted by Crippen LogP contribution is 2.35. The number of benzene rings is 2. The number of phenols is 1. The zero-order valence-electron chi connectivity index (χ0n) is 11.6. The third-order valence-corrected chi connectivity index (χ3v) is 4.98. The van der Waals surface area contributed by atoms with E-state index in [9.17, 15) is 5.11 Å². The molecule has 20 heavy (non-hydrogen) atoms. The zero-order chi connectivity index (χ0) is 14.1. The summed E-state index contributed by atoms with van der Waals surface area (Å²) < 4.78 is 1.33.